The zero-order chi connectivity index (χ0) is 27.3. The average molecular weight is 534 g/mol. The molecular weight excluding hydrogens is 502 g/mol. The lowest BCUT2D eigenvalue weighted by Gasteiger charge is -2.32. The van der Waals surface area contributed by atoms with Gasteiger partial charge in [-0.15, -0.1) is 0 Å². The molecule has 1 heterocycles. The number of sulfonamides is 1. The number of fused-ring (bicyclic) bond motifs is 1. The van der Waals surface area contributed by atoms with Crippen molar-refractivity contribution >= 4 is 27.7 Å². The highest BCUT2D eigenvalue weighted by atomic mass is 32.2. The van der Waals surface area contributed by atoms with Gasteiger partial charge >= 0.3 is 0 Å². The SMILES string of the molecule is CNC(=O)C(Cc1ccccc1)N(Cc1ccccc1C)C(=O)CCCN1C(=O)c2ccccc2S1(=O)=O. The van der Waals surface area contributed by atoms with E-state index in [2.05, 4.69) is 5.32 Å². The Kier molecular flexibility index (Phi) is 8.26. The van der Waals surface area contributed by atoms with Gasteiger partial charge in [-0.1, -0.05) is 66.7 Å². The summed E-state index contributed by atoms with van der Waals surface area (Å²) in [5.74, 6) is -1.17. The molecule has 1 aliphatic rings. The molecule has 0 saturated heterocycles. The Morgan fingerprint density at radius 1 is 0.947 bits per heavy atom. The summed E-state index contributed by atoms with van der Waals surface area (Å²) in [5, 5.41) is 2.68. The highest BCUT2D eigenvalue weighted by Crippen LogP contribution is 2.30. The van der Waals surface area contributed by atoms with Crippen LogP contribution >= 0.6 is 0 Å². The number of aryl methyl sites for hydroxylation is 1. The van der Waals surface area contributed by atoms with Gasteiger partial charge in [0.05, 0.1) is 5.56 Å². The van der Waals surface area contributed by atoms with E-state index in [1.165, 1.54) is 19.2 Å². The Labute approximate surface area is 223 Å². The van der Waals surface area contributed by atoms with Crippen molar-refractivity contribution in [2.24, 2.45) is 0 Å². The van der Waals surface area contributed by atoms with E-state index < -0.39 is 22.0 Å². The van der Waals surface area contributed by atoms with Crippen molar-refractivity contribution in [3.63, 3.8) is 0 Å². The zero-order valence-electron chi connectivity index (χ0n) is 21.5. The van der Waals surface area contributed by atoms with E-state index in [9.17, 15) is 22.8 Å². The van der Waals surface area contributed by atoms with Crippen LogP contribution in [0.3, 0.4) is 0 Å². The highest BCUT2D eigenvalue weighted by Gasteiger charge is 2.40. The third-order valence-corrected chi connectivity index (χ3v) is 8.62. The molecule has 3 aromatic rings. The van der Waals surface area contributed by atoms with E-state index in [-0.39, 0.29) is 48.2 Å². The molecule has 8 nitrogen and oxygen atoms in total. The molecule has 38 heavy (non-hydrogen) atoms. The van der Waals surface area contributed by atoms with Crippen molar-refractivity contribution in [3.05, 3.63) is 101 Å². The normalized spacial score (nSPS) is 14.6. The summed E-state index contributed by atoms with van der Waals surface area (Å²) in [6.07, 6.45) is 0.435. The second-order valence-corrected chi connectivity index (χ2v) is 11.1. The first-order chi connectivity index (χ1) is 18.2. The molecule has 1 aliphatic heterocycles. The summed E-state index contributed by atoms with van der Waals surface area (Å²) in [5.41, 5.74) is 2.96. The van der Waals surface area contributed by atoms with Crippen molar-refractivity contribution in [2.75, 3.05) is 13.6 Å². The average Bonchev–Trinajstić information content (AvgIpc) is 3.12. The molecule has 1 unspecified atom stereocenters. The van der Waals surface area contributed by atoms with Gasteiger partial charge in [-0.25, -0.2) is 12.7 Å². The van der Waals surface area contributed by atoms with Crippen molar-refractivity contribution in [2.45, 2.75) is 43.7 Å². The van der Waals surface area contributed by atoms with Gasteiger partial charge < -0.3 is 10.2 Å². The first kappa shape index (κ1) is 27.1. The lowest BCUT2D eigenvalue weighted by molar-refractivity contribution is -0.141. The van der Waals surface area contributed by atoms with Crippen LogP contribution in [0.5, 0.6) is 0 Å². The minimum Gasteiger partial charge on any atom is -0.357 e. The van der Waals surface area contributed by atoms with Gasteiger partial charge in [-0.2, -0.15) is 0 Å². The molecule has 0 spiro atoms. The highest BCUT2D eigenvalue weighted by molar-refractivity contribution is 7.90. The maximum Gasteiger partial charge on any atom is 0.269 e. The predicted octanol–water partition coefficient (Wildman–Crippen LogP) is 3.31. The number of rotatable bonds is 10. The molecule has 4 rings (SSSR count). The summed E-state index contributed by atoms with van der Waals surface area (Å²) in [6, 6.07) is 22.5. The van der Waals surface area contributed by atoms with Crippen LogP contribution in [-0.4, -0.2) is 55.0 Å². The van der Waals surface area contributed by atoms with Gasteiger partial charge in [0.15, 0.2) is 0 Å². The summed E-state index contributed by atoms with van der Waals surface area (Å²) < 4.78 is 26.6. The maximum absolute atomic E-state index is 13.6. The molecule has 3 aromatic carbocycles. The molecule has 1 N–H and O–H groups in total. The van der Waals surface area contributed by atoms with Gasteiger partial charge in [-0.05, 0) is 42.2 Å². The second kappa shape index (κ2) is 11.6. The van der Waals surface area contributed by atoms with Gasteiger partial charge in [0.1, 0.15) is 10.9 Å². The Morgan fingerprint density at radius 3 is 2.29 bits per heavy atom. The third kappa shape index (κ3) is 5.62. The molecule has 198 valence electrons. The van der Waals surface area contributed by atoms with E-state index in [1.54, 1.807) is 17.0 Å². The topological polar surface area (TPSA) is 104 Å². The van der Waals surface area contributed by atoms with Gasteiger partial charge in [0.25, 0.3) is 15.9 Å². The molecular formula is C29H31N3O5S. The minimum atomic E-state index is -3.95. The molecule has 3 amide bonds. The van der Waals surface area contributed by atoms with Crippen LogP contribution in [0.2, 0.25) is 0 Å². The van der Waals surface area contributed by atoms with Crippen LogP contribution in [0.4, 0.5) is 0 Å². The monoisotopic (exact) mass is 533 g/mol. The van der Waals surface area contributed by atoms with Crippen LogP contribution in [0.25, 0.3) is 0 Å². The molecule has 0 radical (unpaired) electrons. The third-order valence-electron chi connectivity index (χ3n) is 6.78. The smallest absolute Gasteiger partial charge is 0.269 e. The first-order valence-corrected chi connectivity index (χ1v) is 13.9. The number of hydrogen-bond donors (Lipinski definition) is 1. The first-order valence-electron chi connectivity index (χ1n) is 12.5. The fraction of sp³-hybridized carbons (Fsp3) is 0.276. The number of carbonyl (C=O) groups is 3. The standard InChI is InChI=1S/C29H31N3O5S/c1-21-11-6-7-14-23(21)20-31(25(28(34)30-2)19-22-12-4-3-5-13-22)27(33)17-10-18-32-29(35)24-15-8-9-16-26(24)38(32,36)37/h3-9,11-16,25H,10,17-20H2,1-2H3,(H,30,34). The molecule has 0 saturated carbocycles. The second-order valence-electron chi connectivity index (χ2n) is 9.25. The van der Waals surface area contributed by atoms with Crippen molar-refractivity contribution in [1.82, 2.24) is 14.5 Å². The number of benzene rings is 3. The number of amides is 3. The zero-order valence-corrected chi connectivity index (χ0v) is 22.3. The Balaban J connectivity index is 1.55. The molecule has 0 aromatic heterocycles. The van der Waals surface area contributed by atoms with Crippen LogP contribution in [0.1, 0.15) is 39.9 Å². The van der Waals surface area contributed by atoms with Crippen molar-refractivity contribution in [3.8, 4) is 0 Å². The lowest BCUT2D eigenvalue weighted by atomic mass is 10.0. The van der Waals surface area contributed by atoms with E-state index in [1.807, 2.05) is 61.5 Å². The van der Waals surface area contributed by atoms with Gasteiger partial charge in [-0.3, -0.25) is 14.4 Å². The minimum absolute atomic E-state index is 0.0138. The summed E-state index contributed by atoms with van der Waals surface area (Å²) >= 11 is 0. The molecule has 0 aliphatic carbocycles. The molecule has 9 heteroatoms. The van der Waals surface area contributed by atoms with E-state index in [0.717, 1.165) is 21.0 Å². The number of likely N-dealkylation sites (N-methyl/N-ethyl adjacent to an activating group) is 1. The molecule has 1 atom stereocenters. The summed E-state index contributed by atoms with van der Waals surface area (Å²) in [4.78, 5) is 41.0. The molecule has 0 fully saturated rings. The quantitative estimate of drug-likeness (QED) is 0.431. The van der Waals surface area contributed by atoms with E-state index >= 15 is 0 Å². The number of nitrogens with zero attached hydrogens (tertiary/aromatic N) is 2. The Hall–Kier alpha value is -3.98. The lowest BCUT2D eigenvalue weighted by Crippen LogP contribution is -2.50. The van der Waals surface area contributed by atoms with Crippen molar-refractivity contribution < 1.29 is 22.8 Å². The van der Waals surface area contributed by atoms with Gasteiger partial charge in [0, 0.05) is 33.0 Å². The summed E-state index contributed by atoms with van der Waals surface area (Å²) in [6.45, 7) is 2.05. The summed E-state index contributed by atoms with van der Waals surface area (Å²) in [7, 11) is -2.41. The van der Waals surface area contributed by atoms with Crippen LogP contribution in [0, 0.1) is 6.92 Å². The van der Waals surface area contributed by atoms with E-state index in [0.29, 0.717) is 6.42 Å². The fourth-order valence-corrected chi connectivity index (χ4v) is 6.27. The van der Waals surface area contributed by atoms with Crippen LogP contribution < -0.4 is 5.32 Å². The number of hydrogen-bond acceptors (Lipinski definition) is 5. The predicted molar refractivity (Wildman–Crippen MR) is 144 cm³/mol. The Morgan fingerprint density at radius 2 is 1.61 bits per heavy atom. The largest absolute Gasteiger partial charge is 0.357 e. The van der Waals surface area contributed by atoms with E-state index in [4.69, 9.17) is 0 Å². The molecule has 0 bridgehead atoms. The van der Waals surface area contributed by atoms with Crippen molar-refractivity contribution in [1.29, 1.82) is 0 Å². The van der Waals surface area contributed by atoms with Gasteiger partial charge in [0.2, 0.25) is 11.8 Å². The number of carbonyl (C=O) groups excluding carboxylic acids is 3. The van der Waals surface area contributed by atoms with Crippen LogP contribution in [0.15, 0.2) is 83.8 Å². The Bertz CT molecular complexity index is 1440. The maximum atomic E-state index is 13.6. The van der Waals surface area contributed by atoms with Crippen LogP contribution in [-0.2, 0) is 32.6 Å². The fourth-order valence-electron chi connectivity index (χ4n) is 4.66. The number of nitrogens with one attached hydrogen (secondary N) is 1.